The molecule has 0 radical (unpaired) electrons. The molecule has 0 amide bonds. The minimum atomic E-state index is -2.88. The van der Waals surface area contributed by atoms with E-state index < -0.39 is 9.84 Å². The number of imidazole rings is 1. The number of fused-ring (bicyclic) bond motifs is 2. The molecule has 1 atom stereocenters. The average Bonchev–Trinajstić information content (AvgIpc) is 3.69. The van der Waals surface area contributed by atoms with Crippen molar-refractivity contribution in [1.82, 2.24) is 34.6 Å². The molecule has 2 aliphatic rings. The second kappa shape index (κ2) is 9.28. The Morgan fingerprint density at radius 3 is 2.64 bits per heavy atom. The molecule has 7 rings (SSSR count). The Morgan fingerprint density at radius 2 is 1.85 bits per heavy atom. The molecule has 5 heterocycles. The maximum atomic E-state index is 11.9. The molecule has 1 fully saturated rings. The van der Waals surface area contributed by atoms with Gasteiger partial charge < -0.3 is 11.1 Å². The van der Waals surface area contributed by atoms with Gasteiger partial charge in [-0.05, 0) is 79.3 Å². The van der Waals surface area contributed by atoms with E-state index >= 15 is 0 Å². The highest BCUT2D eigenvalue weighted by Gasteiger charge is 2.29. The second-order valence-corrected chi connectivity index (χ2v) is 12.5. The van der Waals surface area contributed by atoms with Gasteiger partial charge in [0.2, 0.25) is 0 Å². The number of anilines is 1. The van der Waals surface area contributed by atoms with Gasteiger partial charge in [-0.15, -0.1) is 0 Å². The van der Waals surface area contributed by atoms with Gasteiger partial charge in [-0.2, -0.15) is 5.10 Å². The number of aryl methyl sites for hydroxylation is 1. The van der Waals surface area contributed by atoms with Crippen LogP contribution in [0.1, 0.15) is 36.4 Å². The summed E-state index contributed by atoms with van der Waals surface area (Å²) in [6.45, 7) is 0. The third-order valence-corrected chi connectivity index (χ3v) is 9.48. The van der Waals surface area contributed by atoms with Gasteiger partial charge in [-0.25, -0.2) is 28.1 Å². The first-order valence-electron chi connectivity index (χ1n) is 13.2. The van der Waals surface area contributed by atoms with Crippen LogP contribution in [0.5, 0.6) is 0 Å². The maximum Gasteiger partial charge on any atom is 0.167 e. The number of hydrogen-bond donors (Lipinski definition) is 2. The van der Waals surface area contributed by atoms with Crippen molar-refractivity contribution in [3.63, 3.8) is 0 Å². The summed E-state index contributed by atoms with van der Waals surface area (Å²) < 4.78 is 27.5. The SMILES string of the molecule is Nc1ncccc1-c1nc2ccc(-n3cccn3)nc2n1-c1ccc2c(c1)CC[C@@H]2NC1CCS(=O)(=O)CC1. The van der Waals surface area contributed by atoms with Crippen molar-refractivity contribution >= 4 is 26.8 Å². The van der Waals surface area contributed by atoms with E-state index in [1.807, 2.05) is 41.1 Å². The molecule has 0 spiro atoms. The molecule has 198 valence electrons. The Morgan fingerprint density at radius 1 is 0.974 bits per heavy atom. The van der Waals surface area contributed by atoms with E-state index in [-0.39, 0.29) is 23.6 Å². The molecule has 5 aromatic rings. The van der Waals surface area contributed by atoms with Crippen LogP contribution in [0.2, 0.25) is 0 Å². The summed E-state index contributed by atoms with van der Waals surface area (Å²) in [7, 11) is -2.88. The highest BCUT2D eigenvalue weighted by atomic mass is 32.2. The largest absolute Gasteiger partial charge is 0.383 e. The average molecular weight is 541 g/mol. The fraction of sp³-hybridized carbons (Fsp3) is 0.286. The molecule has 0 unspecified atom stereocenters. The molecule has 10 nitrogen and oxygen atoms in total. The highest BCUT2D eigenvalue weighted by Crippen LogP contribution is 2.36. The zero-order valence-electron chi connectivity index (χ0n) is 21.2. The van der Waals surface area contributed by atoms with Crippen molar-refractivity contribution in [2.24, 2.45) is 0 Å². The number of aromatic nitrogens is 6. The number of hydrogen-bond acceptors (Lipinski definition) is 8. The molecule has 0 bridgehead atoms. The van der Waals surface area contributed by atoms with Crippen LogP contribution in [0.15, 0.2) is 67.1 Å². The van der Waals surface area contributed by atoms with Crippen LogP contribution < -0.4 is 11.1 Å². The van der Waals surface area contributed by atoms with Gasteiger partial charge in [0, 0.05) is 36.4 Å². The number of nitrogens with one attached hydrogen (secondary N) is 1. The minimum Gasteiger partial charge on any atom is -0.383 e. The first kappa shape index (κ1) is 24.0. The number of rotatable bonds is 5. The van der Waals surface area contributed by atoms with Crippen LogP contribution in [0, 0.1) is 0 Å². The van der Waals surface area contributed by atoms with Crippen LogP contribution in [0.3, 0.4) is 0 Å². The fourth-order valence-electron chi connectivity index (χ4n) is 5.77. The quantitative estimate of drug-likeness (QED) is 0.347. The monoisotopic (exact) mass is 540 g/mol. The lowest BCUT2D eigenvalue weighted by atomic mass is 10.0. The van der Waals surface area contributed by atoms with Crippen LogP contribution in [0.4, 0.5) is 5.82 Å². The highest BCUT2D eigenvalue weighted by molar-refractivity contribution is 7.91. The smallest absolute Gasteiger partial charge is 0.167 e. The van der Waals surface area contributed by atoms with Crippen molar-refractivity contribution < 1.29 is 8.42 Å². The van der Waals surface area contributed by atoms with Crippen molar-refractivity contribution in [2.45, 2.75) is 37.8 Å². The molecule has 0 saturated carbocycles. The van der Waals surface area contributed by atoms with Gasteiger partial charge >= 0.3 is 0 Å². The van der Waals surface area contributed by atoms with Crippen LogP contribution in [0.25, 0.3) is 34.1 Å². The topological polar surface area (TPSA) is 134 Å². The Kier molecular flexibility index (Phi) is 5.71. The molecule has 39 heavy (non-hydrogen) atoms. The molecule has 1 saturated heterocycles. The van der Waals surface area contributed by atoms with E-state index in [1.165, 1.54) is 11.1 Å². The van der Waals surface area contributed by atoms with Gasteiger partial charge in [0.1, 0.15) is 21.2 Å². The third-order valence-electron chi connectivity index (χ3n) is 7.76. The van der Waals surface area contributed by atoms with Crippen LogP contribution in [-0.4, -0.2) is 55.3 Å². The normalized spacial score (nSPS) is 18.9. The third kappa shape index (κ3) is 4.37. The van der Waals surface area contributed by atoms with Gasteiger partial charge in [0.15, 0.2) is 17.3 Å². The Hall–Kier alpha value is -4.09. The summed E-state index contributed by atoms with van der Waals surface area (Å²) in [6.07, 6.45) is 8.53. The lowest BCUT2D eigenvalue weighted by molar-refractivity contribution is 0.403. The Bertz CT molecular complexity index is 1780. The van der Waals surface area contributed by atoms with Crippen LogP contribution >= 0.6 is 0 Å². The van der Waals surface area contributed by atoms with Gasteiger partial charge in [0.05, 0.1) is 17.1 Å². The maximum absolute atomic E-state index is 11.9. The number of sulfone groups is 1. The van der Waals surface area contributed by atoms with Crippen molar-refractivity contribution in [3.8, 4) is 22.9 Å². The molecule has 1 aromatic carbocycles. The van der Waals surface area contributed by atoms with E-state index in [0.717, 1.165) is 29.6 Å². The summed E-state index contributed by atoms with van der Waals surface area (Å²) >= 11 is 0. The first-order chi connectivity index (χ1) is 18.9. The minimum absolute atomic E-state index is 0.220. The number of nitrogens with two attached hydrogens (primary N) is 1. The second-order valence-electron chi connectivity index (χ2n) is 10.2. The van der Waals surface area contributed by atoms with Gasteiger partial charge in [-0.1, -0.05) is 6.07 Å². The molecule has 1 aliphatic heterocycles. The molecule has 1 aliphatic carbocycles. The van der Waals surface area contributed by atoms with E-state index in [2.05, 4.69) is 33.6 Å². The Labute approximate surface area is 225 Å². The van der Waals surface area contributed by atoms with E-state index in [9.17, 15) is 8.42 Å². The summed E-state index contributed by atoms with van der Waals surface area (Å²) in [5, 5.41) is 8.07. The van der Waals surface area contributed by atoms with Crippen molar-refractivity contribution in [1.29, 1.82) is 0 Å². The molecule has 3 N–H and O–H groups in total. The fourth-order valence-corrected chi connectivity index (χ4v) is 7.26. The van der Waals surface area contributed by atoms with Crippen molar-refractivity contribution in [2.75, 3.05) is 17.2 Å². The van der Waals surface area contributed by atoms with Gasteiger partial charge in [0.25, 0.3) is 0 Å². The summed E-state index contributed by atoms with van der Waals surface area (Å²) in [5.74, 6) is 2.31. The summed E-state index contributed by atoms with van der Waals surface area (Å²) in [5.41, 5.74) is 12.0. The molecular weight excluding hydrogens is 512 g/mol. The summed E-state index contributed by atoms with van der Waals surface area (Å²) in [4.78, 5) is 14.2. The molecular formula is C28H28N8O2S. The van der Waals surface area contributed by atoms with E-state index in [1.54, 1.807) is 17.1 Å². The van der Waals surface area contributed by atoms with Gasteiger partial charge in [-0.3, -0.25) is 4.57 Å². The predicted molar refractivity (Wildman–Crippen MR) is 150 cm³/mol. The number of nitrogen functional groups attached to an aromatic ring is 1. The first-order valence-corrected chi connectivity index (χ1v) is 15.0. The lowest BCUT2D eigenvalue weighted by Crippen LogP contribution is -2.39. The number of pyridine rings is 2. The molecule has 4 aromatic heterocycles. The van der Waals surface area contributed by atoms with E-state index in [4.69, 9.17) is 15.7 Å². The zero-order valence-corrected chi connectivity index (χ0v) is 22.1. The lowest BCUT2D eigenvalue weighted by Gasteiger charge is -2.27. The number of nitrogens with zero attached hydrogens (tertiary/aromatic N) is 6. The standard InChI is InChI=1S/C28H28N8O2S/c29-26-22(3-1-12-30-26)27-33-24-8-9-25(35-14-2-13-31-35)34-28(24)36(27)20-5-6-21-18(17-20)4-7-23(21)32-19-10-15-39(37,38)16-11-19/h1-3,5-6,8-9,12-14,17,19,23,32H,4,7,10-11,15-16H2,(H2,29,30)/t23-/m0/s1. The summed E-state index contributed by atoms with van der Waals surface area (Å²) in [6, 6.07) is 16.4. The molecule has 11 heteroatoms. The number of benzene rings is 1. The predicted octanol–water partition coefficient (Wildman–Crippen LogP) is 3.40. The van der Waals surface area contributed by atoms with Crippen LogP contribution in [-0.2, 0) is 16.3 Å². The zero-order chi connectivity index (χ0) is 26.6. The van der Waals surface area contributed by atoms with E-state index in [0.29, 0.717) is 35.9 Å². The Balaban J connectivity index is 1.30. The van der Waals surface area contributed by atoms with Crippen molar-refractivity contribution in [3.05, 3.63) is 78.2 Å².